The summed E-state index contributed by atoms with van der Waals surface area (Å²) in [6.07, 6.45) is 1.19. The van der Waals surface area contributed by atoms with Crippen molar-refractivity contribution < 1.29 is 5.11 Å². The Morgan fingerprint density at radius 1 is 1.38 bits per heavy atom. The summed E-state index contributed by atoms with van der Waals surface area (Å²) in [6, 6.07) is 10.2. The average Bonchev–Trinajstić information content (AvgIpc) is 3.13. The van der Waals surface area contributed by atoms with Crippen molar-refractivity contribution in [3.8, 4) is 0 Å². The van der Waals surface area contributed by atoms with Gasteiger partial charge in [0, 0.05) is 12.6 Å². The highest BCUT2D eigenvalue weighted by molar-refractivity contribution is 14.0. The highest BCUT2D eigenvalue weighted by Gasteiger charge is 2.33. The molecule has 0 bridgehead atoms. The zero-order chi connectivity index (χ0) is 14.6. The summed E-state index contributed by atoms with van der Waals surface area (Å²) >= 11 is 0. The molecule has 0 saturated heterocycles. The maximum absolute atomic E-state index is 10.5. The van der Waals surface area contributed by atoms with Gasteiger partial charge in [-0.15, -0.1) is 24.0 Å². The van der Waals surface area contributed by atoms with Crippen LogP contribution in [0, 0.1) is 5.92 Å². The number of hydrogen-bond acceptors (Lipinski definition) is 2. The summed E-state index contributed by atoms with van der Waals surface area (Å²) in [5, 5.41) is 17.2. The molecule has 0 aromatic heterocycles. The summed E-state index contributed by atoms with van der Waals surface area (Å²) in [5.41, 5.74) is -0.0573. The van der Waals surface area contributed by atoms with Crippen LogP contribution in [0.15, 0.2) is 35.3 Å². The molecule has 1 aliphatic rings. The van der Waals surface area contributed by atoms with Gasteiger partial charge in [-0.25, -0.2) is 4.99 Å². The SMILES string of the molecule is CCNC(=NCC(C)(O)c1ccccc1)NC1CC1C.I. The number of halogens is 1. The maximum Gasteiger partial charge on any atom is 0.191 e. The highest BCUT2D eigenvalue weighted by atomic mass is 127. The molecule has 4 nitrogen and oxygen atoms in total. The minimum atomic E-state index is -0.946. The molecule has 1 aromatic carbocycles. The van der Waals surface area contributed by atoms with E-state index in [2.05, 4.69) is 22.5 Å². The first-order chi connectivity index (χ1) is 9.53. The van der Waals surface area contributed by atoms with E-state index in [0.717, 1.165) is 18.1 Å². The van der Waals surface area contributed by atoms with Gasteiger partial charge in [-0.1, -0.05) is 37.3 Å². The fourth-order valence-corrected chi connectivity index (χ4v) is 2.14. The van der Waals surface area contributed by atoms with Crippen LogP contribution in [0.3, 0.4) is 0 Å². The van der Waals surface area contributed by atoms with E-state index in [4.69, 9.17) is 0 Å². The van der Waals surface area contributed by atoms with Crippen LogP contribution >= 0.6 is 24.0 Å². The number of benzene rings is 1. The van der Waals surface area contributed by atoms with Gasteiger partial charge < -0.3 is 15.7 Å². The van der Waals surface area contributed by atoms with Crippen molar-refractivity contribution >= 4 is 29.9 Å². The topological polar surface area (TPSA) is 56.7 Å². The molecule has 118 valence electrons. The van der Waals surface area contributed by atoms with Crippen LogP contribution < -0.4 is 10.6 Å². The van der Waals surface area contributed by atoms with Crippen molar-refractivity contribution in [3.63, 3.8) is 0 Å². The number of hydrogen-bond donors (Lipinski definition) is 3. The van der Waals surface area contributed by atoms with E-state index >= 15 is 0 Å². The van der Waals surface area contributed by atoms with Gasteiger partial charge >= 0.3 is 0 Å². The van der Waals surface area contributed by atoms with Gasteiger partial charge in [-0.05, 0) is 31.7 Å². The molecule has 1 fully saturated rings. The molecule has 3 N–H and O–H groups in total. The Hall–Kier alpha value is -0.820. The van der Waals surface area contributed by atoms with Crippen molar-refractivity contribution in [2.75, 3.05) is 13.1 Å². The van der Waals surface area contributed by atoms with Crippen molar-refractivity contribution in [3.05, 3.63) is 35.9 Å². The summed E-state index contributed by atoms with van der Waals surface area (Å²) < 4.78 is 0. The summed E-state index contributed by atoms with van der Waals surface area (Å²) in [4.78, 5) is 4.52. The first-order valence-corrected chi connectivity index (χ1v) is 7.35. The van der Waals surface area contributed by atoms with Gasteiger partial charge in [0.2, 0.25) is 0 Å². The Labute approximate surface area is 144 Å². The van der Waals surface area contributed by atoms with E-state index in [0.29, 0.717) is 18.5 Å². The van der Waals surface area contributed by atoms with E-state index < -0.39 is 5.60 Å². The number of rotatable bonds is 5. The van der Waals surface area contributed by atoms with Gasteiger partial charge in [0.1, 0.15) is 5.60 Å². The van der Waals surface area contributed by atoms with Crippen LogP contribution in [0.4, 0.5) is 0 Å². The molecule has 2 rings (SSSR count). The Morgan fingerprint density at radius 3 is 2.52 bits per heavy atom. The Balaban J connectivity index is 0.00000220. The molecule has 0 spiro atoms. The summed E-state index contributed by atoms with van der Waals surface area (Å²) in [6.45, 7) is 7.23. The molecule has 5 heteroatoms. The first kappa shape index (κ1) is 18.2. The Kier molecular flexibility index (Phi) is 6.93. The predicted octanol–water partition coefficient (Wildman–Crippen LogP) is 2.48. The van der Waals surface area contributed by atoms with Crippen molar-refractivity contribution in [1.29, 1.82) is 0 Å². The van der Waals surface area contributed by atoms with Crippen molar-refractivity contribution in [2.24, 2.45) is 10.9 Å². The molecule has 1 saturated carbocycles. The lowest BCUT2D eigenvalue weighted by atomic mass is 9.96. The Morgan fingerprint density at radius 2 is 2.00 bits per heavy atom. The molecule has 1 aliphatic carbocycles. The van der Waals surface area contributed by atoms with Crippen LogP contribution in [0.2, 0.25) is 0 Å². The second-order valence-electron chi connectivity index (χ2n) is 5.80. The van der Waals surface area contributed by atoms with Crippen LogP contribution in [0.1, 0.15) is 32.8 Å². The molecule has 0 radical (unpaired) electrons. The standard InChI is InChI=1S/C16H25N3O.HI/c1-4-17-15(19-14-10-12(14)2)18-11-16(3,20)13-8-6-5-7-9-13;/h5-9,12,14,20H,4,10-11H2,1-3H3,(H2,17,18,19);1H. The lowest BCUT2D eigenvalue weighted by Crippen LogP contribution is -2.40. The number of nitrogens with zero attached hydrogens (tertiary/aromatic N) is 1. The monoisotopic (exact) mass is 403 g/mol. The molecule has 0 aliphatic heterocycles. The minimum Gasteiger partial charge on any atom is -0.384 e. The van der Waals surface area contributed by atoms with Crippen LogP contribution in [0.25, 0.3) is 0 Å². The number of aliphatic hydroxyl groups is 1. The molecule has 3 atom stereocenters. The molecule has 0 heterocycles. The van der Waals surface area contributed by atoms with E-state index in [9.17, 15) is 5.11 Å². The van der Waals surface area contributed by atoms with Crippen molar-refractivity contribution in [1.82, 2.24) is 10.6 Å². The molecule has 21 heavy (non-hydrogen) atoms. The highest BCUT2D eigenvalue weighted by Crippen LogP contribution is 2.28. The predicted molar refractivity (Wildman–Crippen MR) is 98.1 cm³/mol. The maximum atomic E-state index is 10.5. The lowest BCUT2D eigenvalue weighted by Gasteiger charge is -2.22. The van der Waals surface area contributed by atoms with Gasteiger partial charge in [0.25, 0.3) is 0 Å². The number of aliphatic imine (C=N–C) groups is 1. The Bertz CT molecular complexity index is 462. The third-order valence-corrected chi connectivity index (χ3v) is 3.72. The van der Waals surface area contributed by atoms with E-state index in [1.807, 2.05) is 37.3 Å². The van der Waals surface area contributed by atoms with Gasteiger partial charge in [0.05, 0.1) is 6.54 Å². The zero-order valence-corrected chi connectivity index (χ0v) is 15.3. The fraction of sp³-hybridized carbons (Fsp3) is 0.562. The van der Waals surface area contributed by atoms with Gasteiger partial charge in [0.15, 0.2) is 5.96 Å². The first-order valence-electron chi connectivity index (χ1n) is 7.35. The second-order valence-corrected chi connectivity index (χ2v) is 5.80. The smallest absolute Gasteiger partial charge is 0.191 e. The average molecular weight is 403 g/mol. The molecule has 3 unspecified atom stereocenters. The summed E-state index contributed by atoms with van der Waals surface area (Å²) in [7, 11) is 0. The van der Waals surface area contributed by atoms with Crippen LogP contribution in [-0.2, 0) is 5.60 Å². The van der Waals surface area contributed by atoms with E-state index in [1.54, 1.807) is 6.92 Å². The lowest BCUT2D eigenvalue weighted by molar-refractivity contribution is 0.0672. The quantitative estimate of drug-likeness (QED) is 0.402. The summed E-state index contributed by atoms with van der Waals surface area (Å²) in [5.74, 6) is 1.51. The largest absolute Gasteiger partial charge is 0.384 e. The third-order valence-electron chi connectivity index (χ3n) is 3.72. The van der Waals surface area contributed by atoms with E-state index in [1.165, 1.54) is 6.42 Å². The minimum absolute atomic E-state index is 0. The number of guanidine groups is 1. The van der Waals surface area contributed by atoms with Crippen molar-refractivity contribution in [2.45, 2.75) is 38.8 Å². The van der Waals surface area contributed by atoms with Gasteiger partial charge in [-0.3, -0.25) is 0 Å². The third kappa shape index (κ3) is 5.47. The van der Waals surface area contributed by atoms with Crippen LogP contribution in [-0.4, -0.2) is 30.2 Å². The molecular weight excluding hydrogens is 377 g/mol. The molecule has 0 amide bonds. The normalized spacial score (nSPS) is 23.7. The van der Waals surface area contributed by atoms with Crippen LogP contribution in [0.5, 0.6) is 0 Å². The van der Waals surface area contributed by atoms with E-state index in [-0.39, 0.29) is 24.0 Å². The van der Waals surface area contributed by atoms with Gasteiger partial charge in [-0.2, -0.15) is 0 Å². The zero-order valence-electron chi connectivity index (χ0n) is 13.0. The molecule has 1 aromatic rings. The fourth-order valence-electron chi connectivity index (χ4n) is 2.14. The molecular formula is C16H26IN3O. The number of nitrogens with one attached hydrogen (secondary N) is 2. The second kappa shape index (κ2) is 7.98.